The third-order valence-corrected chi connectivity index (χ3v) is 2.91. The smallest absolute Gasteiger partial charge is 0.164 e. The van der Waals surface area contributed by atoms with Crippen molar-refractivity contribution in [1.82, 2.24) is 4.90 Å². The molecule has 2 rings (SSSR count). The van der Waals surface area contributed by atoms with Gasteiger partial charge in [0, 0.05) is 31.6 Å². The molecule has 0 bridgehead atoms. The summed E-state index contributed by atoms with van der Waals surface area (Å²) in [5.74, 6) is -0.363. The third kappa shape index (κ3) is 4.37. The molecule has 0 radical (unpaired) electrons. The molecule has 5 heteroatoms. The van der Waals surface area contributed by atoms with Gasteiger partial charge in [0.25, 0.3) is 0 Å². The Labute approximate surface area is 112 Å². The fourth-order valence-electron chi connectivity index (χ4n) is 1.89. The molecule has 0 saturated carbocycles. The van der Waals surface area contributed by atoms with E-state index in [4.69, 9.17) is 4.74 Å². The van der Waals surface area contributed by atoms with Gasteiger partial charge in [0.1, 0.15) is 5.82 Å². The van der Waals surface area contributed by atoms with Crippen LogP contribution in [0.4, 0.5) is 4.39 Å². The highest BCUT2D eigenvalue weighted by Gasteiger charge is 2.13. The number of hydrogen-bond donors (Lipinski definition) is 0. The molecule has 1 saturated heterocycles. The Morgan fingerprint density at radius 2 is 2.06 bits per heavy atom. The van der Waals surface area contributed by atoms with Crippen molar-refractivity contribution in [1.29, 1.82) is 0 Å². The summed E-state index contributed by atoms with van der Waals surface area (Å²) >= 11 is 0. The van der Waals surface area contributed by atoms with Crippen LogP contribution in [0.15, 0.2) is 24.3 Å². The van der Waals surface area contributed by atoms with Gasteiger partial charge in [-0.2, -0.15) is 0 Å². The zero-order valence-corrected chi connectivity index (χ0v) is 10.9. The quantitative estimate of drug-likeness (QED) is 0.788. The van der Waals surface area contributed by atoms with Crippen molar-refractivity contribution in [3.63, 3.8) is 0 Å². The predicted molar refractivity (Wildman–Crippen MR) is 69.9 cm³/mol. The van der Waals surface area contributed by atoms with Crippen LogP contribution in [0.25, 0.3) is 0 Å². The first-order chi connectivity index (χ1) is 8.25. The first-order valence-corrected chi connectivity index (χ1v) is 5.84. The van der Waals surface area contributed by atoms with Gasteiger partial charge in [-0.05, 0) is 12.1 Å². The molecule has 3 nitrogen and oxygen atoms in total. The SMILES string of the molecule is Cl.O=C(CCN1CCOCC1)c1cccc(F)c1. The van der Waals surface area contributed by atoms with Crippen molar-refractivity contribution < 1.29 is 13.9 Å². The number of carbonyl (C=O) groups is 1. The zero-order chi connectivity index (χ0) is 12.1. The second-order valence-electron chi connectivity index (χ2n) is 4.14. The molecule has 0 aliphatic carbocycles. The van der Waals surface area contributed by atoms with Crippen molar-refractivity contribution in [2.75, 3.05) is 32.8 Å². The highest BCUT2D eigenvalue weighted by atomic mass is 35.5. The van der Waals surface area contributed by atoms with E-state index >= 15 is 0 Å². The number of Topliss-reactive ketones (excluding diaryl/α,β-unsaturated/α-hetero) is 1. The topological polar surface area (TPSA) is 29.5 Å². The van der Waals surface area contributed by atoms with Crippen LogP contribution >= 0.6 is 12.4 Å². The molecule has 0 atom stereocenters. The van der Waals surface area contributed by atoms with Crippen LogP contribution in [0.3, 0.4) is 0 Å². The summed E-state index contributed by atoms with van der Waals surface area (Å²) in [6.45, 7) is 3.92. The Hall–Kier alpha value is -0.970. The van der Waals surface area contributed by atoms with E-state index in [1.807, 2.05) is 0 Å². The molecular weight excluding hydrogens is 257 g/mol. The molecule has 1 fully saturated rings. The summed E-state index contributed by atoms with van der Waals surface area (Å²) in [5, 5.41) is 0. The third-order valence-electron chi connectivity index (χ3n) is 2.91. The minimum absolute atomic E-state index is 0. The summed E-state index contributed by atoms with van der Waals surface area (Å²) < 4.78 is 18.2. The van der Waals surface area contributed by atoms with E-state index in [1.165, 1.54) is 12.1 Å². The van der Waals surface area contributed by atoms with Crippen molar-refractivity contribution >= 4 is 18.2 Å². The van der Waals surface area contributed by atoms with Crippen LogP contribution in [-0.2, 0) is 4.74 Å². The molecule has 0 amide bonds. The summed E-state index contributed by atoms with van der Waals surface area (Å²) in [7, 11) is 0. The molecule has 1 aliphatic rings. The highest BCUT2D eigenvalue weighted by molar-refractivity contribution is 5.96. The van der Waals surface area contributed by atoms with Crippen molar-refractivity contribution in [3.05, 3.63) is 35.6 Å². The van der Waals surface area contributed by atoms with Crippen LogP contribution in [0.2, 0.25) is 0 Å². The van der Waals surface area contributed by atoms with Crippen LogP contribution in [0.5, 0.6) is 0 Å². The molecule has 18 heavy (non-hydrogen) atoms. The summed E-state index contributed by atoms with van der Waals surface area (Å²) in [6, 6.07) is 5.86. The van der Waals surface area contributed by atoms with Gasteiger partial charge in [0.15, 0.2) is 5.78 Å². The Balaban J connectivity index is 0.00000162. The lowest BCUT2D eigenvalue weighted by Crippen LogP contribution is -2.37. The van der Waals surface area contributed by atoms with Gasteiger partial charge in [-0.15, -0.1) is 12.4 Å². The number of morpholine rings is 1. The molecular formula is C13H17ClFNO2. The molecule has 0 spiro atoms. The number of nitrogens with zero attached hydrogens (tertiary/aromatic N) is 1. The van der Waals surface area contributed by atoms with Gasteiger partial charge in [-0.1, -0.05) is 12.1 Å². The number of hydrogen-bond acceptors (Lipinski definition) is 3. The standard InChI is InChI=1S/C13H16FNO2.ClH/c14-12-3-1-2-11(10-12)13(16)4-5-15-6-8-17-9-7-15;/h1-3,10H,4-9H2;1H. The second kappa shape index (κ2) is 7.46. The normalized spacial score (nSPS) is 16.1. The Bertz CT molecular complexity index is 394. The van der Waals surface area contributed by atoms with E-state index in [2.05, 4.69) is 4.90 Å². The number of benzene rings is 1. The van der Waals surface area contributed by atoms with Gasteiger partial charge in [0.05, 0.1) is 13.2 Å². The summed E-state index contributed by atoms with van der Waals surface area (Å²) in [5.41, 5.74) is 0.457. The first kappa shape index (κ1) is 15.1. The monoisotopic (exact) mass is 273 g/mol. The molecule has 100 valence electrons. The predicted octanol–water partition coefficient (Wildman–Crippen LogP) is 2.15. The Morgan fingerprint density at radius 1 is 1.33 bits per heavy atom. The van der Waals surface area contributed by atoms with Crippen LogP contribution in [0, 0.1) is 5.82 Å². The van der Waals surface area contributed by atoms with Gasteiger partial charge in [-0.25, -0.2) is 4.39 Å². The van der Waals surface area contributed by atoms with E-state index in [0.717, 1.165) is 32.8 Å². The van der Waals surface area contributed by atoms with E-state index in [0.29, 0.717) is 12.0 Å². The van der Waals surface area contributed by atoms with E-state index < -0.39 is 0 Å². The molecule has 0 unspecified atom stereocenters. The molecule has 0 N–H and O–H groups in total. The average molecular weight is 274 g/mol. The lowest BCUT2D eigenvalue weighted by atomic mass is 10.1. The number of halogens is 2. The molecule has 1 aliphatic heterocycles. The Kier molecular flexibility index (Phi) is 6.25. The number of carbonyl (C=O) groups excluding carboxylic acids is 1. The summed E-state index contributed by atoms with van der Waals surface area (Å²) in [6.07, 6.45) is 0.434. The van der Waals surface area contributed by atoms with E-state index in [-0.39, 0.29) is 24.0 Å². The van der Waals surface area contributed by atoms with Crippen molar-refractivity contribution in [3.8, 4) is 0 Å². The maximum atomic E-state index is 12.9. The van der Waals surface area contributed by atoms with Gasteiger partial charge in [-0.3, -0.25) is 9.69 Å². The van der Waals surface area contributed by atoms with Crippen LogP contribution in [0.1, 0.15) is 16.8 Å². The van der Waals surface area contributed by atoms with Gasteiger partial charge < -0.3 is 4.74 Å². The lowest BCUT2D eigenvalue weighted by Gasteiger charge is -2.26. The minimum atomic E-state index is -0.359. The number of rotatable bonds is 4. The second-order valence-corrected chi connectivity index (χ2v) is 4.14. The number of ether oxygens (including phenoxy) is 1. The van der Waals surface area contributed by atoms with E-state index in [9.17, 15) is 9.18 Å². The largest absolute Gasteiger partial charge is 0.379 e. The molecule has 1 aromatic carbocycles. The average Bonchev–Trinajstić information content (AvgIpc) is 2.37. The van der Waals surface area contributed by atoms with Crippen LogP contribution in [-0.4, -0.2) is 43.5 Å². The lowest BCUT2D eigenvalue weighted by molar-refractivity contribution is 0.0370. The molecule has 1 heterocycles. The van der Waals surface area contributed by atoms with Crippen LogP contribution < -0.4 is 0 Å². The maximum Gasteiger partial charge on any atom is 0.164 e. The highest BCUT2D eigenvalue weighted by Crippen LogP contribution is 2.07. The fourth-order valence-corrected chi connectivity index (χ4v) is 1.89. The minimum Gasteiger partial charge on any atom is -0.379 e. The molecule has 0 aromatic heterocycles. The van der Waals surface area contributed by atoms with Gasteiger partial charge in [0.2, 0.25) is 0 Å². The van der Waals surface area contributed by atoms with Crippen molar-refractivity contribution in [2.24, 2.45) is 0 Å². The van der Waals surface area contributed by atoms with Crippen molar-refractivity contribution in [2.45, 2.75) is 6.42 Å². The number of ketones is 1. The van der Waals surface area contributed by atoms with E-state index in [1.54, 1.807) is 12.1 Å². The maximum absolute atomic E-state index is 12.9. The fraction of sp³-hybridized carbons (Fsp3) is 0.462. The van der Waals surface area contributed by atoms with Gasteiger partial charge >= 0.3 is 0 Å². The summed E-state index contributed by atoms with van der Waals surface area (Å²) in [4.78, 5) is 14.0. The zero-order valence-electron chi connectivity index (χ0n) is 10.1. The molecule has 1 aromatic rings. The Morgan fingerprint density at radius 3 is 2.72 bits per heavy atom. The first-order valence-electron chi connectivity index (χ1n) is 5.84.